The highest BCUT2D eigenvalue weighted by Gasteiger charge is 2.10. The molecule has 0 unspecified atom stereocenters. The lowest BCUT2D eigenvalue weighted by Gasteiger charge is -2.01. The minimum absolute atomic E-state index is 0.110. The highest BCUT2D eigenvalue weighted by atomic mass is 35.5. The molecule has 1 amide bonds. The Morgan fingerprint density at radius 2 is 2.06 bits per heavy atom. The molecule has 2 rings (SSSR count). The zero-order valence-corrected chi connectivity index (χ0v) is 10.5. The number of primary amides is 1. The topological polar surface area (TPSA) is 82.3 Å². The van der Waals surface area contributed by atoms with Gasteiger partial charge in [-0.1, -0.05) is 22.9 Å². The summed E-state index contributed by atoms with van der Waals surface area (Å²) in [6.07, 6.45) is 0.614. The summed E-state index contributed by atoms with van der Waals surface area (Å²) in [7, 11) is 0. The lowest BCUT2D eigenvalue weighted by molar-refractivity contribution is 0.1000. The summed E-state index contributed by atoms with van der Waals surface area (Å²) < 4.78 is 5.39. The fourth-order valence-corrected chi connectivity index (χ4v) is 2.13. The third-order valence-corrected chi connectivity index (χ3v) is 3.30. The van der Waals surface area contributed by atoms with E-state index in [1.807, 2.05) is 0 Å². The van der Waals surface area contributed by atoms with Gasteiger partial charge in [0.05, 0.1) is 0 Å². The fraction of sp³-hybridized carbons (Fsp3) is 0. The second-order valence-electron chi connectivity index (χ2n) is 3.24. The molecule has 0 spiro atoms. The van der Waals surface area contributed by atoms with E-state index < -0.39 is 5.91 Å². The van der Waals surface area contributed by atoms with Gasteiger partial charge in [0.25, 0.3) is 5.19 Å². The first-order chi connectivity index (χ1) is 8.60. The zero-order chi connectivity index (χ0) is 13.1. The van der Waals surface area contributed by atoms with Crippen LogP contribution in [0.15, 0.2) is 24.3 Å². The smallest absolute Gasteiger partial charge is 0.280 e. The number of rotatable bonds is 4. The van der Waals surface area contributed by atoms with Crippen molar-refractivity contribution in [1.82, 2.24) is 4.98 Å². The van der Waals surface area contributed by atoms with E-state index in [9.17, 15) is 9.59 Å². The first-order valence-electron chi connectivity index (χ1n) is 4.79. The number of aldehydes is 1. The van der Waals surface area contributed by atoms with Gasteiger partial charge in [0.15, 0.2) is 11.4 Å². The van der Waals surface area contributed by atoms with Crippen molar-refractivity contribution in [3.05, 3.63) is 39.9 Å². The third kappa shape index (κ3) is 2.66. The van der Waals surface area contributed by atoms with Crippen LogP contribution in [0.1, 0.15) is 20.0 Å². The van der Waals surface area contributed by atoms with E-state index in [2.05, 4.69) is 4.98 Å². The van der Waals surface area contributed by atoms with Gasteiger partial charge >= 0.3 is 0 Å². The average Bonchev–Trinajstić information content (AvgIpc) is 2.70. The Hall–Kier alpha value is -1.92. The van der Waals surface area contributed by atoms with Gasteiger partial charge in [-0.3, -0.25) is 9.59 Å². The van der Waals surface area contributed by atoms with Gasteiger partial charge in [0, 0.05) is 5.56 Å². The van der Waals surface area contributed by atoms with E-state index in [4.69, 9.17) is 22.1 Å². The molecule has 0 atom stereocenters. The van der Waals surface area contributed by atoms with Gasteiger partial charge in [-0.25, -0.2) is 0 Å². The first kappa shape index (κ1) is 12.5. The minimum Gasteiger partial charge on any atom is -0.431 e. The van der Waals surface area contributed by atoms with E-state index in [0.29, 0.717) is 22.5 Å². The molecule has 0 aliphatic carbocycles. The van der Waals surface area contributed by atoms with E-state index in [1.165, 1.54) is 12.1 Å². The Kier molecular flexibility index (Phi) is 3.59. The maximum Gasteiger partial charge on any atom is 0.280 e. The predicted molar refractivity (Wildman–Crippen MR) is 67.5 cm³/mol. The molecule has 0 saturated carbocycles. The van der Waals surface area contributed by atoms with E-state index >= 15 is 0 Å². The average molecular weight is 283 g/mol. The monoisotopic (exact) mass is 282 g/mol. The van der Waals surface area contributed by atoms with Gasteiger partial charge in [-0.15, -0.1) is 0 Å². The molecular weight excluding hydrogens is 276 g/mol. The molecule has 5 nitrogen and oxygen atoms in total. The number of carbonyl (C=O) groups is 2. The molecule has 1 heterocycles. The first-order valence-corrected chi connectivity index (χ1v) is 5.99. The van der Waals surface area contributed by atoms with E-state index in [-0.39, 0.29) is 10.3 Å². The maximum atomic E-state index is 10.9. The quantitative estimate of drug-likeness (QED) is 0.874. The Morgan fingerprint density at radius 1 is 1.39 bits per heavy atom. The van der Waals surface area contributed by atoms with Crippen molar-refractivity contribution in [1.29, 1.82) is 0 Å². The molecule has 2 N–H and O–H groups in total. The van der Waals surface area contributed by atoms with Crippen molar-refractivity contribution >= 4 is 35.1 Å². The number of thiazole rings is 1. The molecule has 0 bridgehead atoms. The van der Waals surface area contributed by atoms with Crippen molar-refractivity contribution in [2.75, 3.05) is 0 Å². The Bertz CT molecular complexity index is 595. The number of benzene rings is 1. The van der Waals surface area contributed by atoms with Crippen LogP contribution in [0.4, 0.5) is 0 Å². The van der Waals surface area contributed by atoms with Gasteiger partial charge in [-0.2, -0.15) is 4.98 Å². The summed E-state index contributed by atoms with van der Waals surface area (Å²) in [6, 6.07) is 6.23. The maximum absolute atomic E-state index is 10.9. The number of ether oxygens (including phenoxy) is 1. The van der Waals surface area contributed by atoms with Crippen LogP contribution in [-0.2, 0) is 0 Å². The summed E-state index contributed by atoms with van der Waals surface area (Å²) in [6.45, 7) is 0. The summed E-state index contributed by atoms with van der Waals surface area (Å²) in [5.41, 5.74) is 5.49. The lowest BCUT2D eigenvalue weighted by atomic mass is 10.2. The molecule has 18 heavy (non-hydrogen) atoms. The standard InChI is InChI=1S/C11H7ClN2O3S/c12-9-8(5-15)18-11(14-9)17-7-3-1-6(2-4-7)10(13)16/h1-5H,(H2,13,16). The number of halogens is 1. The molecule has 0 radical (unpaired) electrons. The summed E-state index contributed by atoms with van der Waals surface area (Å²) in [5, 5.41) is 0.368. The van der Waals surface area contributed by atoms with Crippen LogP contribution in [0.5, 0.6) is 10.9 Å². The van der Waals surface area contributed by atoms with Crippen LogP contribution in [-0.4, -0.2) is 17.2 Å². The van der Waals surface area contributed by atoms with Crippen molar-refractivity contribution in [2.24, 2.45) is 5.73 Å². The van der Waals surface area contributed by atoms with Gasteiger partial charge < -0.3 is 10.5 Å². The van der Waals surface area contributed by atoms with Crippen molar-refractivity contribution in [3.8, 4) is 10.9 Å². The number of nitrogens with zero attached hydrogens (tertiary/aromatic N) is 1. The highest BCUT2D eigenvalue weighted by Crippen LogP contribution is 2.30. The van der Waals surface area contributed by atoms with Gasteiger partial charge in [-0.05, 0) is 24.3 Å². The van der Waals surface area contributed by atoms with Crippen LogP contribution in [0.2, 0.25) is 5.15 Å². The SMILES string of the molecule is NC(=O)c1ccc(Oc2nc(Cl)c(C=O)s2)cc1. The number of amides is 1. The van der Waals surface area contributed by atoms with E-state index in [0.717, 1.165) is 11.3 Å². The van der Waals surface area contributed by atoms with E-state index in [1.54, 1.807) is 12.1 Å². The van der Waals surface area contributed by atoms with Gasteiger partial charge in [0.2, 0.25) is 5.91 Å². The summed E-state index contributed by atoms with van der Waals surface area (Å²) in [5.74, 6) is -0.0371. The molecule has 0 aliphatic rings. The zero-order valence-electron chi connectivity index (χ0n) is 8.92. The molecule has 0 aliphatic heterocycles. The molecule has 7 heteroatoms. The third-order valence-electron chi connectivity index (χ3n) is 2.04. The van der Waals surface area contributed by atoms with Crippen LogP contribution in [0, 0.1) is 0 Å². The molecule has 1 aromatic heterocycles. The normalized spacial score (nSPS) is 10.1. The molecule has 1 aromatic carbocycles. The molecule has 92 valence electrons. The van der Waals surface area contributed by atoms with Crippen molar-refractivity contribution < 1.29 is 14.3 Å². The summed E-state index contributed by atoms with van der Waals surface area (Å²) >= 11 is 6.74. The minimum atomic E-state index is -0.512. The predicted octanol–water partition coefficient (Wildman–Crippen LogP) is 2.50. The molecular formula is C11H7ClN2O3S. The molecule has 2 aromatic rings. The Morgan fingerprint density at radius 3 is 2.56 bits per heavy atom. The van der Waals surface area contributed by atoms with Crippen LogP contribution in [0.25, 0.3) is 0 Å². The van der Waals surface area contributed by atoms with Crippen molar-refractivity contribution in [3.63, 3.8) is 0 Å². The highest BCUT2D eigenvalue weighted by molar-refractivity contribution is 7.15. The fourth-order valence-electron chi connectivity index (χ4n) is 1.20. The number of carbonyl (C=O) groups excluding carboxylic acids is 2. The number of hydrogen-bond donors (Lipinski definition) is 1. The second-order valence-corrected chi connectivity index (χ2v) is 4.59. The Balaban J connectivity index is 2.17. The van der Waals surface area contributed by atoms with Gasteiger partial charge in [0.1, 0.15) is 10.6 Å². The lowest BCUT2D eigenvalue weighted by Crippen LogP contribution is -2.10. The Labute approximate surface area is 111 Å². The van der Waals surface area contributed by atoms with Crippen LogP contribution >= 0.6 is 22.9 Å². The summed E-state index contributed by atoms with van der Waals surface area (Å²) in [4.78, 5) is 25.6. The number of nitrogens with two attached hydrogens (primary N) is 1. The van der Waals surface area contributed by atoms with Crippen LogP contribution < -0.4 is 10.5 Å². The van der Waals surface area contributed by atoms with Crippen molar-refractivity contribution in [2.45, 2.75) is 0 Å². The second kappa shape index (κ2) is 5.16. The molecule has 0 fully saturated rings. The largest absolute Gasteiger partial charge is 0.431 e. The van der Waals surface area contributed by atoms with Crippen LogP contribution in [0.3, 0.4) is 0 Å². The number of aromatic nitrogens is 1. The number of hydrogen-bond acceptors (Lipinski definition) is 5. The molecule has 0 saturated heterocycles.